The fourth-order valence-corrected chi connectivity index (χ4v) is 3.19. The standard InChI is InChI=1S/C15H29NO2/c1-3-10-16-13-11-14(15(13)17-2)18-12-8-6-4-5-7-9-12/h12-16H,3-11H2,1-2H3. The van der Waals surface area contributed by atoms with E-state index in [0.29, 0.717) is 18.2 Å². The monoisotopic (exact) mass is 255 g/mol. The van der Waals surface area contributed by atoms with Gasteiger partial charge in [-0.15, -0.1) is 0 Å². The molecule has 106 valence electrons. The van der Waals surface area contributed by atoms with Crippen molar-refractivity contribution in [3.8, 4) is 0 Å². The van der Waals surface area contributed by atoms with Gasteiger partial charge in [-0.05, 0) is 32.2 Å². The van der Waals surface area contributed by atoms with E-state index in [0.717, 1.165) is 13.0 Å². The van der Waals surface area contributed by atoms with Gasteiger partial charge in [0, 0.05) is 13.2 Å². The van der Waals surface area contributed by atoms with Crippen molar-refractivity contribution in [2.75, 3.05) is 13.7 Å². The molecule has 0 heterocycles. The minimum Gasteiger partial charge on any atom is -0.377 e. The second kappa shape index (κ2) is 7.46. The summed E-state index contributed by atoms with van der Waals surface area (Å²) in [4.78, 5) is 0. The van der Waals surface area contributed by atoms with Crippen LogP contribution in [0.4, 0.5) is 0 Å². The molecule has 0 aromatic heterocycles. The molecule has 0 bridgehead atoms. The molecule has 3 unspecified atom stereocenters. The third kappa shape index (κ3) is 3.69. The maximum atomic E-state index is 6.26. The van der Waals surface area contributed by atoms with Crippen molar-refractivity contribution in [1.82, 2.24) is 5.32 Å². The third-order valence-corrected chi connectivity index (χ3v) is 4.35. The number of methoxy groups -OCH3 is 1. The summed E-state index contributed by atoms with van der Waals surface area (Å²) < 4.78 is 11.8. The molecule has 18 heavy (non-hydrogen) atoms. The molecule has 0 radical (unpaired) electrons. The summed E-state index contributed by atoms with van der Waals surface area (Å²) in [6, 6.07) is 0.505. The predicted octanol–water partition coefficient (Wildman–Crippen LogP) is 2.88. The van der Waals surface area contributed by atoms with Crippen molar-refractivity contribution in [3.05, 3.63) is 0 Å². The van der Waals surface area contributed by atoms with E-state index >= 15 is 0 Å². The second-order valence-electron chi connectivity index (χ2n) is 5.78. The molecule has 0 saturated heterocycles. The molecule has 0 spiro atoms. The Bertz CT molecular complexity index is 227. The highest BCUT2D eigenvalue weighted by Gasteiger charge is 2.42. The van der Waals surface area contributed by atoms with Crippen LogP contribution in [0.3, 0.4) is 0 Å². The molecule has 2 aliphatic carbocycles. The highest BCUT2D eigenvalue weighted by molar-refractivity contribution is 4.97. The van der Waals surface area contributed by atoms with Crippen LogP contribution in [0.25, 0.3) is 0 Å². The van der Waals surface area contributed by atoms with Crippen LogP contribution in [0, 0.1) is 0 Å². The van der Waals surface area contributed by atoms with Crippen molar-refractivity contribution in [2.24, 2.45) is 0 Å². The van der Waals surface area contributed by atoms with E-state index in [1.807, 2.05) is 7.11 Å². The van der Waals surface area contributed by atoms with Crippen molar-refractivity contribution in [1.29, 1.82) is 0 Å². The molecule has 3 heteroatoms. The summed E-state index contributed by atoms with van der Waals surface area (Å²) >= 11 is 0. The zero-order valence-electron chi connectivity index (χ0n) is 12.0. The van der Waals surface area contributed by atoms with Gasteiger partial charge in [0.25, 0.3) is 0 Å². The van der Waals surface area contributed by atoms with Crippen LogP contribution < -0.4 is 5.32 Å². The lowest BCUT2D eigenvalue weighted by atomic mass is 9.84. The topological polar surface area (TPSA) is 30.5 Å². The van der Waals surface area contributed by atoms with Gasteiger partial charge in [0.1, 0.15) is 0 Å². The van der Waals surface area contributed by atoms with Gasteiger partial charge in [0.05, 0.1) is 18.3 Å². The molecule has 0 aromatic carbocycles. The smallest absolute Gasteiger partial charge is 0.0987 e. The highest BCUT2D eigenvalue weighted by atomic mass is 16.5. The van der Waals surface area contributed by atoms with Crippen LogP contribution in [-0.4, -0.2) is 38.0 Å². The first-order chi connectivity index (χ1) is 8.85. The molecule has 2 saturated carbocycles. The number of ether oxygens (including phenoxy) is 2. The second-order valence-corrected chi connectivity index (χ2v) is 5.78. The summed E-state index contributed by atoms with van der Waals surface area (Å²) in [5.41, 5.74) is 0. The SMILES string of the molecule is CCCNC1CC(OC2CCCCCC2)C1OC. The molecule has 3 atom stereocenters. The van der Waals surface area contributed by atoms with Gasteiger partial charge >= 0.3 is 0 Å². The van der Waals surface area contributed by atoms with Crippen molar-refractivity contribution < 1.29 is 9.47 Å². The molecule has 3 nitrogen and oxygen atoms in total. The summed E-state index contributed by atoms with van der Waals surface area (Å²) in [5.74, 6) is 0. The number of hydrogen-bond donors (Lipinski definition) is 1. The van der Waals surface area contributed by atoms with E-state index in [1.165, 1.54) is 44.9 Å². The van der Waals surface area contributed by atoms with Gasteiger partial charge in [0.2, 0.25) is 0 Å². The Labute approximate surface area is 112 Å². The first-order valence-electron chi connectivity index (χ1n) is 7.76. The van der Waals surface area contributed by atoms with Gasteiger partial charge in [-0.2, -0.15) is 0 Å². The normalized spacial score (nSPS) is 34.0. The van der Waals surface area contributed by atoms with Crippen LogP contribution in [0.1, 0.15) is 58.3 Å². The van der Waals surface area contributed by atoms with E-state index in [-0.39, 0.29) is 6.10 Å². The number of nitrogens with one attached hydrogen (secondary N) is 1. The summed E-state index contributed by atoms with van der Waals surface area (Å²) in [7, 11) is 1.81. The number of rotatable bonds is 6. The molecular formula is C15H29NO2. The molecule has 1 N–H and O–H groups in total. The van der Waals surface area contributed by atoms with E-state index in [2.05, 4.69) is 12.2 Å². The zero-order valence-corrected chi connectivity index (χ0v) is 12.0. The van der Waals surface area contributed by atoms with Crippen LogP contribution in [0.5, 0.6) is 0 Å². The Morgan fingerprint density at radius 1 is 1.11 bits per heavy atom. The molecule has 0 amide bonds. The van der Waals surface area contributed by atoms with Gasteiger partial charge < -0.3 is 14.8 Å². The van der Waals surface area contributed by atoms with E-state index < -0.39 is 0 Å². The quantitative estimate of drug-likeness (QED) is 0.740. The maximum Gasteiger partial charge on any atom is 0.0987 e. The van der Waals surface area contributed by atoms with Crippen molar-refractivity contribution in [3.63, 3.8) is 0 Å². The summed E-state index contributed by atoms with van der Waals surface area (Å²) in [5, 5.41) is 3.54. The predicted molar refractivity (Wildman–Crippen MR) is 73.9 cm³/mol. The van der Waals surface area contributed by atoms with Crippen molar-refractivity contribution in [2.45, 2.75) is 82.6 Å². The average molecular weight is 255 g/mol. The Hall–Kier alpha value is -0.120. The molecule has 2 rings (SSSR count). The van der Waals surface area contributed by atoms with Crippen LogP contribution in [0.15, 0.2) is 0 Å². The van der Waals surface area contributed by atoms with E-state index in [1.54, 1.807) is 0 Å². The largest absolute Gasteiger partial charge is 0.377 e. The number of hydrogen-bond acceptors (Lipinski definition) is 3. The minimum absolute atomic E-state index is 0.264. The maximum absolute atomic E-state index is 6.26. The zero-order chi connectivity index (χ0) is 12.8. The fraction of sp³-hybridized carbons (Fsp3) is 1.00. The Morgan fingerprint density at radius 2 is 1.83 bits per heavy atom. The van der Waals surface area contributed by atoms with Crippen LogP contribution in [0.2, 0.25) is 0 Å². The summed E-state index contributed by atoms with van der Waals surface area (Å²) in [6.45, 7) is 3.29. The van der Waals surface area contributed by atoms with Gasteiger partial charge in [-0.3, -0.25) is 0 Å². The molecule has 2 fully saturated rings. The van der Waals surface area contributed by atoms with Gasteiger partial charge in [-0.1, -0.05) is 32.6 Å². The average Bonchev–Trinajstić information content (AvgIpc) is 2.61. The van der Waals surface area contributed by atoms with Gasteiger partial charge in [-0.25, -0.2) is 0 Å². The fourth-order valence-electron chi connectivity index (χ4n) is 3.19. The van der Waals surface area contributed by atoms with E-state index in [9.17, 15) is 0 Å². The Morgan fingerprint density at radius 3 is 2.44 bits per heavy atom. The lowest BCUT2D eigenvalue weighted by Crippen LogP contribution is -2.60. The van der Waals surface area contributed by atoms with Crippen LogP contribution >= 0.6 is 0 Å². The Balaban J connectivity index is 1.72. The van der Waals surface area contributed by atoms with Crippen molar-refractivity contribution >= 4 is 0 Å². The summed E-state index contributed by atoms with van der Waals surface area (Å²) in [6.07, 6.45) is 11.3. The van der Waals surface area contributed by atoms with E-state index in [4.69, 9.17) is 9.47 Å². The molecule has 0 aliphatic heterocycles. The van der Waals surface area contributed by atoms with Gasteiger partial charge in [0.15, 0.2) is 0 Å². The first kappa shape index (κ1) is 14.3. The molecule has 0 aromatic rings. The molecular weight excluding hydrogens is 226 g/mol. The molecule has 2 aliphatic rings. The lowest BCUT2D eigenvalue weighted by Gasteiger charge is -2.45. The Kier molecular flexibility index (Phi) is 5.93. The third-order valence-electron chi connectivity index (χ3n) is 4.35. The highest BCUT2D eigenvalue weighted by Crippen LogP contribution is 2.31. The lowest BCUT2D eigenvalue weighted by molar-refractivity contribution is -0.159. The van der Waals surface area contributed by atoms with Crippen LogP contribution in [-0.2, 0) is 9.47 Å². The first-order valence-corrected chi connectivity index (χ1v) is 7.76. The minimum atomic E-state index is 0.264.